The van der Waals surface area contributed by atoms with Crippen LogP contribution in [0, 0.1) is 0 Å². The molecular weight excluding hydrogens is 392 g/mol. The minimum absolute atomic E-state index is 0.139. The fraction of sp³-hybridized carbons (Fsp3) is 0.235. The van der Waals surface area contributed by atoms with Crippen molar-refractivity contribution in [3.8, 4) is 0 Å². The Morgan fingerprint density at radius 3 is 2.50 bits per heavy atom. The van der Waals surface area contributed by atoms with Crippen molar-refractivity contribution >= 4 is 43.2 Å². The number of benzene rings is 2. The van der Waals surface area contributed by atoms with Gasteiger partial charge < -0.3 is 5.32 Å². The predicted octanol–water partition coefficient (Wildman–Crippen LogP) is 3.41. The number of hydrogen-bond donors (Lipinski definition) is 1. The second-order valence-corrected chi connectivity index (χ2v) is 8.69. The number of carbonyl (C=O) groups is 1. The highest BCUT2D eigenvalue weighted by molar-refractivity contribution is 9.10. The third-order valence-electron chi connectivity index (χ3n) is 3.95. The van der Waals surface area contributed by atoms with Crippen molar-refractivity contribution in [2.24, 2.45) is 0 Å². The molecule has 1 heterocycles. The molecule has 1 N–H and O–H groups in total. The van der Waals surface area contributed by atoms with Gasteiger partial charge in [0.15, 0.2) is 0 Å². The van der Waals surface area contributed by atoms with Gasteiger partial charge in [0.05, 0.1) is 11.9 Å². The molecule has 0 unspecified atom stereocenters. The van der Waals surface area contributed by atoms with Crippen LogP contribution in [0.2, 0.25) is 0 Å². The van der Waals surface area contributed by atoms with Crippen LogP contribution < -0.4 is 9.62 Å². The second-order valence-electron chi connectivity index (χ2n) is 5.92. The Bertz CT molecular complexity index is 895. The van der Waals surface area contributed by atoms with Crippen molar-refractivity contribution in [1.29, 1.82) is 0 Å². The van der Waals surface area contributed by atoms with E-state index in [1.54, 1.807) is 18.2 Å². The van der Waals surface area contributed by atoms with Crippen molar-refractivity contribution in [3.05, 3.63) is 58.1 Å². The van der Waals surface area contributed by atoms with Crippen LogP contribution in [0.15, 0.2) is 46.9 Å². The molecule has 1 aliphatic rings. The summed E-state index contributed by atoms with van der Waals surface area (Å²) in [5.41, 5.74) is 2.75. The van der Waals surface area contributed by atoms with Gasteiger partial charge in [0, 0.05) is 21.8 Å². The third-order valence-corrected chi connectivity index (χ3v) is 5.75. The standard InChI is InChI=1S/C17H17BrN2O3S/c1-11-9-13-10-12(3-8-16(13)20(11)24(2,22)23)17(21)19-15-6-4-14(18)5-7-15/h3-8,10-11H,9H2,1-2H3,(H,19,21)/t11-/m1/s1. The largest absolute Gasteiger partial charge is 0.322 e. The minimum Gasteiger partial charge on any atom is -0.322 e. The Morgan fingerprint density at radius 1 is 1.21 bits per heavy atom. The van der Waals surface area contributed by atoms with Gasteiger partial charge in [0.25, 0.3) is 5.91 Å². The molecule has 3 rings (SSSR count). The van der Waals surface area contributed by atoms with Gasteiger partial charge in [-0.25, -0.2) is 8.42 Å². The quantitative estimate of drug-likeness (QED) is 0.845. The fourth-order valence-corrected chi connectivity index (χ4v) is 4.51. The average Bonchev–Trinajstić information content (AvgIpc) is 2.84. The molecule has 1 amide bonds. The van der Waals surface area contributed by atoms with Crippen LogP contribution in [0.4, 0.5) is 11.4 Å². The van der Waals surface area contributed by atoms with Crippen molar-refractivity contribution in [3.63, 3.8) is 0 Å². The summed E-state index contributed by atoms with van der Waals surface area (Å²) in [5.74, 6) is -0.217. The van der Waals surface area contributed by atoms with Crippen LogP contribution in [0.1, 0.15) is 22.8 Å². The molecule has 126 valence electrons. The Kier molecular flexibility index (Phi) is 4.40. The molecule has 2 aromatic rings. The van der Waals surface area contributed by atoms with E-state index in [0.29, 0.717) is 23.4 Å². The highest BCUT2D eigenvalue weighted by Crippen LogP contribution is 2.34. The van der Waals surface area contributed by atoms with E-state index in [-0.39, 0.29) is 11.9 Å². The van der Waals surface area contributed by atoms with Gasteiger partial charge in [-0.2, -0.15) is 0 Å². The number of anilines is 2. The van der Waals surface area contributed by atoms with Crippen LogP contribution >= 0.6 is 15.9 Å². The number of hydrogen-bond acceptors (Lipinski definition) is 3. The molecule has 0 bridgehead atoms. The molecule has 0 fully saturated rings. The zero-order valence-corrected chi connectivity index (χ0v) is 15.7. The van der Waals surface area contributed by atoms with Gasteiger partial charge in [0.2, 0.25) is 10.0 Å². The first kappa shape index (κ1) is 17.0. The summed E-state index contributed by atoms with van der Waals surface area (Å²) in [7, 11) is -3.32. The maximum atomic E-state index is 12.4. The van der Waals surface area contributed by atoms with Gasteiger partial charge in [0.1, 0.15) is 0 Å². The van der Waals surface area contributed by atoms with Crippen LogP contribution in [-0.4, -0.2) is 26.6 Å². The van der Waals surface area contributed by atoms with E-state index in [2.05, 4.69) is 21.2 Å². The summed E-state index contributed by atoms with van der Waals surface area (Å²) in [5, 5.41) is 2.84. The van der Waals surface area contributed by atoms with E-state index >= 15 is 0 Å². The number of nitrogens with one attached hydrogen (secondary N) is 1. The second kappa shape index (κ2) is 6.22. The van der Waals surface area contributed by atoms with E-state index in [9.17, 15) is 13.2 Å². The van der Waals surface area contributed by atoms with Crippen LogP contribution in [0.25, 0.3) is 0 Å². The Hall–Kier alpha value is -1.86. The van der Waals surface area contributed by atoms with Crippen LogP contribution in [-0.2, 0) is 16.4 Å². The summed E-state index contributed by atoms with van der Waals surface area (Å²) < 4.78 is 26.2. The van der Waals surface area contributed by atoms with Crippen LogP contribution in [0.5, 0.6) is 0 Å². The lowest BCUT2D eigenvalue weighted by atomic mass is 10.1. The average molecular weight is 409 g/mol. The van der Waals surface area contributed by atoms with Crippen molar-refractivity contribution in [2.45, 2.75) is 19.4 Å². The van der Waals surface area contributed by atoms with Crippen molar-refractivity contribution in [1.82, 2.24) is 0 Å². The number of amides is 1. The predicted molar refractivity (Wildman–Crippen MR) is 99.0 cm³/mol. The molecule has 0 aliphatic carbocycles. The maximum Gasteiger partial charge on any atom is 0.255 e. The highest BCUT2D eigenvalue weighted by Gasteiger charge is 2.32. The Labute approximate surface area is 149 Å². The molecule has 0 aromatic heterocycles. The first-order valence-corrected chi connectivity index (χ1v) is 10.1. The van der Waals surface area contributed by atoms with E-state index in [0.717, 1.165) is 10.0 Å². The molecule has 5 nitrogen and oxygen atoms in total. The van der Waals surface area contributed by atoms with Gasteiger partial charge >= 0.3 is 0 Å². The molecule has 1 atom stereocenters. The lowest BCUT2D eigenvalue weighted by Gasteiger charge is -2.21. The lowest BCUT2D eigenvalue weighted by Crippen LogP contribution is -2.34. The minimum atomic E-state index is -3.32. The van der Waals surface area contributed by atoms with Gasteiger partial charge in [-0.1, -0.05) is 15.9 Å². The number of sulfonamides is 1. The summed E-state index contributed by atoms with van der Waals surface area (Å²) in [6, 6.07) is 12.3. The molecule has 2 aromatic carbocycles. The summed E-state index contributed by atoms with van der Waals surface area (Å²) in [4.78, 5) is 12.4. The summed E-state index contributed by atoms with van der Waals surface area (Å²) >= 11 is 3.35. The molecule has 0 spiro atoms. The van der Waals surface area contributed by atoms with Crippen LogP contribution in [0.3, 0.4) is 0 Å². The molecule has 7 heteroatoms. The zero-order valence-electron chi connectivity index (χ0n) is 13.3. The van der Waals surface area contributed by atoms with E-state index in [4.69, 9.17) is 0 Å². The normalized spacial score (nSPS) is 16.8. The number of fused-ring (bicyclic) bond motifs is 1. The lowest BCUT2D eigenvalue weighted by molar-refractivity contribution is 0.102. The Morgan fingerprint density at radius 2 is 1.88 bits per heavy atom. The highest BCUT2D eigenvalue weighted by atomic mass is 79.9. The van der Waals surface area contributed by atoms with Gasteiger partial charge in [-0.15, -0.1) is 0 Å². The molecule has 0 saturated carbocycles. The number of rotatable bonds is 3. The molecule has 0 saturated heterocycles. The van der Waals surface area contributed by atoms with E-state index in [1.165, 1.54) is 10.6 Å². The topological polar surface area (TPSA) is 66.5 Å². The van der Waals surface area contributed by atoms with Gasteiger partial charge in [-0.05, 0) is 61.4 Å². The summed E-state index contributed by atoms with van der Waals surface area (Å²) in [6.45, 7) is 1.86. The number of carbonyl (C=O) groups excluding carboxylic acids is 1. The first-order chi connectivity index (χ1) is 11.3. The maximum absolute atomic E-state index is 12.4. The SMILES string of the molecule is C[C@@H]1Cc2cc(C(=O)Nc3ccc(Br)cc3)ccc2N1S(C)(=O)=O. The number of nitrogens with zero attached hydrogens (tertiary/aromatic N) is 1. The van der Waals surface area contributed by atoms with Crippen molar-refractivity contribution < 1.29 is 13.2 Å². The number of halogens is 1. The Balaban J connectivity index is 1.86. The smallest absolute Gasteiger partial charge is 0.255 e. The van der Waals surface area contributed by atoms with E-state index < -0.39 is 10.0 Å². The van der Waals surface area contributed by atoms with Gasteiger partial charge in [-0.3, -0.25) is 9.10 Å². The molecule has 0 radical (unpaired) electrons. The zero-order chi connectivity index (χ0) is 17.5. The third kappa shape index (κ3) is 3.32. The van der Waals surface area contributed by atoms with E-state index in [1.807, 2.05) is 31.2 Å². The summed E-state index contributed by atoms with van der Waals surface area (Å²) in [6.07, 6.45) is 1.80. The molecule has 24 heavy (non-hydrogen) atoms. The molecule has 1 aliphatic heterocycles. The fourth-order valence-electron chi connectivity index (χ4n) is 2.99. The first-order valence-electron chi connectivity index (χ1n) is 7.45. The molecular formula is C17H17BrN2O3S. The monoisotopic (exact) mass is 408 g/mol. The van der Waals surface area contributed by atoms with Crippen molar-refractivity contribution in [2.75, 3.05) is 15.9 Å².